The van der Waals surface area contributed by atoms with Crippen molar-refractivity contribution in [2.75, 3.05) is 32.4 Å². The molecule has 1 fully saturated rings. The van der Waals surface area contributed by atoms with Gasteiger partial charge < -0.3 is 10.6 Å². The van der Waals surface area contributed by atoms with Crippen LogP contribution in [0.3, 0.4) is 0 Å². The number of hydrogen-bond donors (Lipinski definition) is 2. The molecule has 0 aromatic heterocycles. The third kappa shape index (κ3) is 4.29. The molecule has 0 aromatic carbocycles. The van der Waals surface area contributed by atoms with Gasteiger partial charge in [-0.05, 0) is 5.92 Å². The van der Waals surface area contributed by atoms with Gasteiger partial charge in [0.1, 0.15) is 0 Å². The summed E-state index contributed by atoms with van der Waals surface area (Å²) in [7, 11) is -3.24. The molecule has 0 aliphatic carbocycles. The minimum absolute atomic E-state index is 0.00257. The molecule has 1 atom stereocenters. The van der Waals surface area contributed by atoms with Gasteiger partial charge in [0.25, 0.3) is 0 Å². The van der Waals surface area contributed by atoms with Crippen LogP contribution >= 0.6 is 0 Å². The number of piperazine rings is 1. The van der Waals surface area contributed by atoms with Crippen LogP contribution in [0.4, 0.5) is 0 Å². The van der Waals surface area contributed by atoms with Crippen molar-refractivity contribution in [3.05, 3.63) is 12.3 Å². The lowest BCUT2D eigenvalue weighted by molar-refractivity contribution is 0.362. The van der Waals surface area contributed by atoms with Crippen molar-refractivity contribution in [3.63, 3.8) is 0 Å². The normalized spacial score (nSPS) is 21.5. The average molecular weight is 261 g/mol. The first-order valence-electron chi connectivity index (χ1n) is 5.93. The molecule has 0 radical (unpaired) electrons. The molecule has 6 heteroatoms. The fraction of sp³-hybridized carbons (Fsp3) is 0.818. The van der Waals surface area contributed by atoms with Crippen LogP contribution in [0, 0.1) is 5.92 Å². The first-order valence-corrected chi connectivity index (χ1v) is 7.78. The number of rotatable bonds is 5. The Morgan fingerprint density at radius 2 is 2.12 bits per heavy atom. The molecule has 0 aromatic rings. The lowest BCUT2D eigenvalue weighted by Crippen LogP contribution is -2.52. The highest BCUT2D eigenvalue weighted by Crippen LogP contribution is 2.15. The second-order valence-electron chi connectivity index (χ2n) is 4.89. The van der Waals surface area contributed by atoms with E-state index in [0.717, 1.165) is 19.6 Å². The Labute approximate surface area is 104 Å². The Hall–Kier alpha value is -0.590. The second-order valence-corrected chi connectivity index (χ2v) is 6.80. The Balaban J connectivity index is 2.78. The number of hydrogen-bond acceptors (Lipinski definition) is 4. The SMILES string of the molecule is C=C(C1CNCCN1)N(CC(C)C)S(C)(=O)=O. The van der Waals surface area contributed by atoms with Crippen molar-refractivity contribution in [1.82, 2.24) is 14.9 Å². The molecule has 2 N–H and O–H groups in total. The monoisotopic (exact) mass is 261 g/mol. The van der Waals surface area contributed by atoms with E-state index in [-0.39, 0.29) is 12.0 Å². The highest BCUT2D eigenvalue weighted by atomic mass is 32.2. The van der Waals surface area contributed by atoms with Crippen LogP contribution in [0.1, 0.15) is 13.8 Å². The zero-order valence-electron chi connectivity index (χ0n) is 10.9. The fourth-order valence-corrected chi connectivity index (χ4v) is 2.98. The van der Waals surface area contributed by atoms with Gasteiger partial charge in [0.2, 0.25) is 10.0 Å². The molecule has 1 rings (SSSR count). The predicted molar refractivity (Wildman–Crippen MR) is 70.2 cm³/mol. The highest BCUT2D eigenvalue weighted by molar-refractivity contribution is 7.88. The van der Waals surface area contributed by atoms with Crippen LogP contribution in [0.25, 0.3) is 0 Å². The second kappa shape index (κ2) is 5.84. The quantitative estimate of drug-likeness (QED) is 0.730. The lowest BCUT2D eigenvalue weighted by atomic mass is 10.1. The summed E-state index contributed by atoms with van der Waals surface area (Å²) in [6.07, 6.45) is 1.23. The number of nitrogens with one attached hydrogen (secondary N) is 2. The van der Waals surface area contributed by atoms with E-state index in [4.69, 9.17) is 0 Å². The van der Waals surface area contributed by atoms with Gasteiger partial charge in [-0.15, -0.1) is 0 Å². The van der Waals surface area contributed by atoms with Crippen LogP contribution in [-0.2, 0) is 10.0 Å². The zero-order chi connectivity index (χ0) is 13.1. The van der Waals surface area contributed by atoms with E-state index < -0.39 is 10.0 Å². The minimum Gasteiger partial charge on any atom is -0.314 e. The molecule has 100 valence electrons. The maximum atomic E-state index is 11.8. The summed E-state index contributed by atoms with van der Waals surface area (Å²) in [5.41, 5.74) is 0.633. The molecule has 1 aliphatic rings. The zero-order valence-corrected chi connectivity index (χ0v) is 11.7. The molecular formula is C11H23N3O2S. The molecule has 1 unspecified atom stereocenters. The average Bonchev–Trinajstić information content (AvgIpc) is 2.24. The molecule has 0 saturated carbocycles. The van der Waals surface area contributed by atoms with Gasteiger partial charge in [0.05, 0.1) is 12.3 Å². The van der Waals surface area contributed by atoms with Crippen molar-refractivity contribution < 1.29 is 8.42 Å². The summed E-state index contributed by atoms with van der Waals surface area (Å²) in [5, 5.41) is 6.51. The van der Waals surface area contributed by atoms with Crippen molar-refractivity contribution in [3.8, 4) is 0 Å². The van der Waals surface area contributed by atoms with Crippen LogP contribution in [0.2, 0.25) is 0 Å². The van der Waals surface area contributed by atoms with E-state index in [1.54, 1.807) is 0 Å². The summed E-state index contributed by atoms with van der Waals surface area (Å²) in [6.45, 7) is 10.9. The van der Waals surface area contributed by atoms with Crippen molar-refractivity contribution in [1.29, 1.82) is 0 Å². The van der Waals surface area contributed by atoms with Crippen molar-refractivity contribution >= 4 is 10.0 Å². The maximum absolute atomic E-state index is 11.8. The first kappa shape index (κ1) is 14.5. The molecule has 5 nitrogen and oxygen atoms in total. The van der Waals surface area contributed by atoms with Crippen LogP contribution in [0.15, 0.2) is 12.3 Å². The predicted octanol–water partition coefficient (Wildman–Crippen LogP) is -0.0209. The summed E-state index contributed by atoms with van der Waals surface area (Å²) in [6, 6.07) is -0.00257. The molecule has 0 spiro atoms. The Morgan fingerprint density at radius 3 is 2.53 bits per heavy atom. The molecule has 0 bridgehead atoms. The summed E-state index contributed by atoms with van der Waals surface area (Å²) in [4.78, 5) is 0. The van der Waals surface area contributed by atoms with Gasteiger partial charge in [-0.1, -0.05) is 20.4 Å². The van der Waals surface area contributed by atoms with Crippen molar-refractivity contribution in [2.24, 2.45) is 5.92 Å². The maximum Gasteiger partial charge on any atom is 0.232 e. The van der Waals surface area contributed by atoms with Crippen LogP contribution < -0.4 is 10.6 Å². The van der Waals surface area contributed by atoms with Gasteiger partial charge in [-0.2, -0.15) is 0 Å². The molecule has 1 saturated heterocycles. The van der Waals surface area contributed by atoms with Gasteiger partial charge in [-0.3, -0.25) is 4.31 Å². The van der Waals surface area contributed by atoms with E-state index in [1.807, 2.05) is 13.8 Å². The minimum atomic E-state index is -3.24. The Morgan fingerprint density at radius 1 is 1.47 bits per heavy atom. The van der Waals surface area contributed by atoms with E-state index in [0.29, 0.717) is 12.2 Å². The largest absolute Gasteiger partial charge is 0.314 e. The topological polar surface area (TPSA) is 61.4 Å². The first-order chi connectivity index (χ1) is 7.82. The highest BCUT2D eigenvalue weighted by Gasteiger charge is 2.26. The van der Waals surface area contributed by atoms with Crippen LogP contribution in [0.5, 0.6) is 0 Å². The van der Waals surface area contributed by atoms with Crippen molar-refractivity contribution in [2.45, 2.75) is 19.9 Å². The van der Waals surface area contributed by atoms with E-state index in [2.05, 4.69) is 17.2 Å². The van der Waals surface area contributed by atoms with Gasteiger partial charge >= 0.3 is 0 Å². The third-order valence-electron chi connectivity index (χ3n) is 2.69. The lowest BCUT2D eigenvalue weighted by Gasteiger charge is -2.33. The van der Waals surface area contributed by atoms with Gasteiger partial charge in [0, 0.05) is 31.9 Å². The molecule has 1 heterocycles. The van der Waals surface area contributed by atoms with E-state index in [1.165, 1.54) is 10.6 Å². The summed E-state index contributed by atoms with van der Waals surface area (Å²) >= 11 is 0. The standard InChI is InChI=1S/C11H23N3O2S/c1-9(2)8-14(17(4,15)16)10(3)11-7-12-5-6-13-11/h9,11-13H,3,5-8H2,1-2,4H3. The Kier molecular flexibility index (Phi) is 4.97. The van der Waals surface area contributed by atoms with Gasteiger partial charge in [-0.25, -0.2) is 8.42 Å². The number of nitrogens with zero attached hydrogens (tertiary/aromatic N) is 1. The molecule has 1 aliphatic heterocycles. The van der Waals surface area contributed by atoms with Crippen LogP contribution in [-0.4, -0.2) is 51.2 Å². The molecular weight excluding hydrogens is 238 g/mol. The molecule has 17 heavy (non-hydrogen) atoms. The summed E-state index contributed by atoms with van der Waals surface area (Å²) in [5.74, 6) is 0.276. The smallest absolute Gasteiger partial charge is 0.232 e. The Bertz CT molecular complexity index is 359. The van der Waals surface area contributed by atoms with Gasteiger partial charge in [0.15, 0.2) is 0 Å². The summed E-state index contributed by atoms with van der Waals surface area (Å²) < 4.78 is 25.0. The third-order valence-corrected chi connectivity index (χ3v) is 3.88. The van der Waals surface area contributed by atoms with E-state index in [9.17, 15) is 8.42 Å². The fourth-order valence-electron chi connectivity index (χ4n) is 1.86. The number of sulfonamides is 1. The van der Waals surface area contributed by atoms with E-state index >= 15 is 0 Å². The molecule has 0 amide bonds.